The van der Waals surface area contributed by atoms with Gasteiger partial charge in [0.25, 0.3) is 0 Å². The summed E-state index contributed by atoms with van der Waals surface area (Å²) in [5.74, 6) is 0. The third-order valence-corrected chi connectivity index (χ3v) is 3.27. The molecule has 0 aromatic carbocycles. The van der Waals surface area contributed by atoms with Crippen molar-refractivity contribution in [3.05, 3.63) is 12.2 Å². The van der Waals surface area contributed by atoms with Gasteiger partial charge in [-0.2, -0.15) is 0 Å². The molecule has 0 spiro atoms. The Kier molecular flexibility index (Phi) is 5.16. The van der Waals surface area contributed by atoms with E-state index < -0.39 is 0 Å². The number of aliphatic hydroxyl groups is 1. The Bertz CT molecular complexity index is 189. The molecule has 1 rings (SSSR count). The Morgan fingerprint density at radius 2 is 2.23 bits per heavy atom. The number of carbonyl (C=O) groups excluding carboxylic acids is 1. The number of hydrogen-bond acceptors (Lipinski definition) is 3. The summed E-state index contributed by atoms with van der Waals surface area (Å²) in [6, 6.07) is 0. The summed E-state index contributed by atoms with van der Waals surface area (Å²) in [6.45, 7) is 0.125. The maximum absolute atomic E-state index is 11.3. The van der Waals surface area contributed by atoms with E-state index in [9.17, 15) is 4.79 Å². The van der Waals surface area contributed by atoms with E-state index >= 15 is 0 Å². The average molecular weight is 200 g/mol. The molecule has 1 aliphatic heterocycles. The van der Waals surface area contributed by atoms with Crippen LogP contribution in [0.15, 0.2) is 12.2 Å². The van der Waals surface area contributed by atoms with Crippen LogP contribution >= 0.6 is 11.8 Å². The van der Waals surface area contributed by atoms with Gasteiger partial charge in [-0.1, -0.05) is 23.9 Å². The van der Waals surface area contributed by atoms with Crippen LogP contribution in [0.2, 0.25) is 0 Å². The molecule has 1 N–H and O–H groups in total. The molecular formula is C10H16O2S. The van der Waals surface area contributed by atoms with E-state index in [0.717, 1.165) is 25.7 Å². The highest BCUT2D eigenvalue weighted by molar-refractivity contribution is 8.14. The van der Waals surface area contributed by atoms with Crippen LogP contribution < -0.4 is 0 Å². The zero-order chi connectivity index (χ0) is 9.52. The molecule has 0 bridgehead atoms. The molecule has 0 saturated carbocycles. The minimum Gasteiger partial charge on any atom is -0.395 e. The Hall–Kier alpha value is -0.280. The molecular weight excluding hydrogens is 184 g/mol. The quantitative estimate of drug-likeness (QED) is 0.659. The minimum absolute atomic E-state index is 0.124. The highest BCUT2D eigenvalue weighted by Gasteiger charge is 2.13. The van der Waals surface area contributed by atoms with Crippen molar-refractivity contribution < 1.29 is 9.90 Å². The van der Waals surface area contributed by atoms with Crippen molar-refractivity contribution in [3.63, 3.8) is 0 Å². The average Bonchev–Trinajstić information content (AvgIpc) is 2.15. The lowest BCUT2D eigenvalue weighted by atomic mass is 10.1. The van der Waals surface area contributed by atoms with Crippen LogP contribution in [0.4, 0.5) is 0 Å². The number of allylic oxidation sites excluding steroid dienone is 2. The summed E-state index contributed by atoms with van der Waals surface area (Å²) in [5, 5.41) is 9.33. The molecule has 0 aliphatic carbocycles. The first-order chi connectivity index (χ1) is 6.33. The molecule has 3 heteroatoms. The van der Waals surface area contributed by atoms with Gasteiger partial charge in [-0.15, -0.1) is 0 Å². The van der Waals surface area contributed by atoms with E-state index in [1.807, 2.05) is 0 Å². The van der Waals surface area contributed by atoms with Gasteiger partial charge in [-0.25, -0.2) is 0 Å². The zero-order valence-corrected chi connectivity index (χ0v) is 8.55. The second kappa shape index (κ2) is 6.22. The first-order valence-corrected chi connectivity index (χ1v) is 5.66. The van der Waals surface area contributed by atoms with Gasteiger partial charge in [0.15, 0.2) is 5.12 Å². The molecule has 0 aromatic heterocycles. The van der Waals surface area contributed by atoms with Crippen LogP contribution in [0.1, 0.15) is 32.1 Å². The lowest BCUT2D eigenvalue weighted by Gasteiger charge is -2.12. The predicted octanol–water partition coefficient (Wildman–Crippen LogP) is 2.13. The molecule has 2 nitrogen and oxygen atoms in total. The van der Waals surface area contributed by atoms with Crippen LogP contribution in [-0.2, 0) is 4.79 Å². The molecule has 0 saturated heterocycles. The smallest absolute Gasteiger partial charge is 0.189 e. The van der Waals surface area contributed by atoms with E-state index in [-0.39, 0.29) is 17.0 Å². The maximum Gasteiger partial charge on any atom is 0.189 e. The van der Waals surface area contributed by atoms with Crippen LogP contribution in [0.5, 0.6) is 0 Å². The monoisotopic (exact) mass is 200 g/mol. The van der Waals surface area contributed by atoms with Crippen molar-refractivity contribution in [1.82, 2.24) is 0 Å². The summed E-state index contributed by atoms with van der Waals surface area (Å²) in [4.78, 5) is 11.3. The van der Waals surface area contributed by atoms with Gasteiger partial charge in [0.05, 0.1) is 6.61 Å². The molecule has 13 heavy (non-hydrogen) atoms. The van der Waals surface area contributed by atoms with Gasteiger partial charge in [0, 0.05) is 11.7 Å². The van der Waals surface area contributed by atoms with Crippen molar-refractivity contribution in [3.8, 4) is 0 Å². The van der Waals surface area contributed by atoms with Crippen molar-refractivity contribution in [1.29, 1.82) is 0 Å². The van der Waals surface area contributed by atoms with Crippen LogP contribution in [0.25, 0.3) is 0 Å². The van der Waals surface area contributed by atoms with E-state index in [0.29, 0.717) is 6.42 Å². The van der Waals surface area contributed by atoms with E-state index in [2.05, 4.69) is 12.2 Å². The molecule has 0 aromatic rings. The largest absolute Gasteiger partial charge is 0.395 e. The third-order valence-electron chi connectivity index (χ3n) is 2.08. The van der Waals surface area contributed by atoms with Crippen molar-refractivity contribution in [2.75, 3.05) is 6.61 Å². The Labute approximate surface area is 83.4 Å². The molecule has 0 fully saturated rings. The molecule has 1 aliphatic rings. The molecule has 1 heterocycles. The summed E-state index contributed by atoms with van der Waals surface area (Å²) in [5.41, 5.74) is 0. The molecule has 1 atom stereocenters. The van der Waals surface area contributed by atoms with Crippen LogP contribution in [-0.4, -0.2) is 22.1 Å². The lowest BCUT2D eigenvalue weighted by molar-refractivity contribution is -0.110. The van der Waals surface area contributed by atoms with Crippen LogP contribution in [0.3, 0.4) is 0 Å². The Morgan fingerprint density at radius 3 is 3.00 bits per heavy atom. The van der Waals surface area contributed by atoms with Crippen molar-refractivity contribution >= 4 is 16.9 Å². The summed E-state index contributed by atoms with van der Waals surface area (Å²) < 4.78 is 0. The van der Waals surface area contributed by atoms with Crippen LogP contribution in [0, 0.1) is 0 Å². The number of aliphatic hydroxyl groups excluding tert-OH is 1. The van der Waals surface area contributed by atoms with E-state index in [1.54, 1.807) is 0 Å². The van der Waals surface area contributed by atoms with Crippen molar-refractivity contribution in [2.24, 2.45) is 0 Å². The first kappa shape index (κ1) is 10.8. The fourth-order valence-electron chi connectivity index (χ4n) is 1.33. The van der Waals surface area contributed by atoms with Gasteiger partial charge >= 0.3 is 0 Å². The summed E-state index contributed by atoms with van der Waals surface area (Å²) in [6.07, 6.45) is 8.77. The van der Waals surface area contributed by atoms with Gasteiger partial charge in [0.2, 0.25) is 0 Å². The van der Waals surface area contributed by atoms with E-state index in [1.165, 1.54) is 11.8 Å². The highest BCUT2D eigenvalue weighted by Crippen LogP contribution is 2.21. The Morgan fingerprint density at radius 1 is 1.46 bits per heavy atom. The maximum atomic E-state index is 11.3. The molecule has 0 radical (unpaired) electrons. The number of rotatable bonds is 1. The second-order valence-corrected chi connectivity index (χ2v) is 4.59. The molecule has 74 valence electrons. The lowest BCUT2D eigenvalue weighted by Crippen LogP contribution is -2.12. The fourth-order valence-corrected chi connectivity index (χ4v) is 2.30. The highest BCUT2D eigenvalue weighted by atomic mass is 32.2. The van der Waals surface area contributed by atoms with Gasteiger partial charge in [0.1, 0.15) is 0 Å². The van der Waals surface area contributed by atoms with Gasteiger partial charge in [-0.05, 0) is 25.7 Å². The Balaban J connectivity index is 2.43. The zero-order valence-electron chi connectivity index (χ0n) is 7.74. The third kappa shape index (κ3) is 4.48. The van der Waals surface area contributed by atoms with Gasteiger partial charge < -0.3 is 5.11 Å². The second-order valence-electron chi connectivity index (χ2n) is 3.24. The summed E-state index contributed by atoms with van der Waals surface area (Å²) >= 11 is 1.32. The SMILES string of the molecule is O=C1CC/C=C\CCCC(CO)S1. The predicted molar refractivity (Wildman–Crippen MR) is 55.7 cm³/mol. The normalized spacial score (nSPS) is 28.4. The number of carbonyl (C=O) groups is 1. The van der Waals surface area contributed by atoms with E-state index in [4.69, 9.17) is 5.11 Å². The number of hydrogen-bond donors (Lipinski definition) is 1. The number of thioether (sulfide) groups is 1. The molecule has 1 unspecified atom stereocenters. The van der Waals surface area contributed by atoms with Crippen molar-refractivity contribution in [2.45, 2.75) is 37.4 Å². The van der Waals surface area contributed by atoms with Gasteiger partial charge in [-0.3, -0.25) is 4.79 Å². The fraction of sp³-hybridized carbons (Fsp3) is 0.700. The minimum atomic E-state index is 0.124. The standard InChI is InChI=1S/C10H16O2S/c11-8-9-6-4-2-1-3-5-7-10(12)13-9/h1,3,9,11H,2,4-8H2/b3-1-. The first-order valence-electron chi connectivity index (χ1n) is 4.78. The summed E-state index contributed by atoms with van der Waals surface area (Å²) in [7, 11) is 0. The topological polar surface area (TPSA) is 37.3 Å². The molecule has 0 amide bonds.